The molecule has 66 valence electrons. The van der Waals surface area contributed by atoms with E-state index >= 15 is 0 Å². The Morgan fingerprint density at radius 2 is 1.82 bits per heavy atom. The number of nitrogens with zero attached hydrogens (tertiary/aromatic N) is 1. The summed E-state index contributed by atoms with van der Waals surface area (Å²) in [6, 6.07) is 0.802. The molecule has 1 rings (SSSR count). The van der Waals surface area contributed by atoms with E-state index in [9.17, 15) is 0 Å². The zero-order chi connectivity index (χ0) is 8.27. The van der Waals surface area contributed by atoms with Crippen molar-refractivity contribution in [2.45, 2.75) is 50.4 Å². The topological polar surface area (TPSA) is 3.24 Å². The van der Waals surface area contributed by atoms with Gasteiger partial charge in [0.2, 0.25) is 0 Å². The SMILES string of the molecule is CC(S)N(C)C1CCCCC1. The molecule has 0 aromatic carbocycles. The zero-order valence-electron chi connectivity index (χ0n) is 7.58. The van der Waals surface area contributed by atoms with Gasteiger partial charge in [-0.05, 0) is 26.8 Å². The number of hydrogen-bond donors (Lipinski definition) is 1. The Morgan fingerprint density at radius 3 is 2.27 bits per heavy atom. The molecule has 0 radical (unpaired) electrons. The minimum atomic E-state index is 0.415. The number of thiol groups is 1. The predicted octanol–water partition coefficient (Wildman–Crippen LogP) is 2.53. The Kier molecular flexibility index (Phi) is 3.73. The van der Waals surface area contributed by atoms with E-state index in [1.807, 2.05) is 0 Å². The number of hydrogen-bond acceptors (Lipinski definition) is 2. The van der Waals surface area contributed by atoms with E-state index in [0.29, 0.717) is 5.37 Å². The summed E-state index contributed by atoms with van der Waals surface area (Å²) in [5, 5.41) is 0.415. The van der Waals surface area contributed by atoms with Crippen molar-refractivity contribution in [1.29, 1.82) is 0 Å². The molecule has 0 aromatic heterocycles. The average molecular weight is 173 g/mol. The Balaban J connectivity index is 2.32. The molecule has 1 aliphatic carbocycles. The van der Waals surface area contributed by atoms with Crippen LogP contribution < -0.4 is 0 Å². The van der Waals surface area contributed by atoms with E-state index in [-0.39, 0.29) is 0 Å². The van der Waals surface area contributed by atoms with Gasteiger partial charge in [-0.15, -0.1) is 0 Å². The van der Waals surface area contributed by atoms with E-state index < -0.39 is 0 Å². The van der Waals surface area contributed by atoms with Crippen LogP contribution in [-0.2, 0) is 0 Å². The highest BCUT2D eigenvalue weighted by Crippen LogP contribution is 2.23. The van der Waals surface area contributed by atoms with Crippen LogP contribution in [0.4, 0.5) is 0 Å². The van der Waals surface area contributed by atoms with Gasteiger partial charge in [-0.3, -0.25) is 4.90 Å². The average Bonchev–Trinajstić information content (AvgIpc) is 2.05. The molecule has 0 aliphatic heterocycles. The Labute approximate surface area is 75.6 Å². The lowest BCUT2D eigenvalue weighted by Crippen LogP contribution is -2.37. The van der Waals surface area contributed by atoms with Gasteiger partial charge in [0.05, 0.1) is 0 Å². The second-order valence-electron chi connectivity index (χ2n) is 3.59. The van der Waals surface area contributed by atoms with Crippen LogP contribution in [0.3, 0.4) is 0 Å². The van der Waals surface area contributed by atoms with Gasteiger partial charge in [-0.1, -0.05) is 19.3 Å². The quantitative estimate of drug-likeness (QED) is 0.496. The maximum atomic E-state index is 4.43. The van der Waals surface area contributed by atoms with Crippen LogP contribution in [0.15, 0.2) is 0 Å². The molecule has 0 N–H and O–H groups in total. The van der Waals surface area contributed by atoms with E-state index in [2.05, 4.69) is 31.5 Å². The molecule has 1 atom stereocenters. The predicted molar refractivity (Wildman–Crippen MR) is 53.1 cm³/mol. The van der Waals surface area contributed by atoms with Gasteiger partial charge in [0.25, 0.3) is 0 Å². The first-order valence-electron chi connectivity index (χ1n) is 4.62. The third kappa shape index (κ3) is 2.68. The van der Waals surface area contributed by atoms with Crippen molar-refractivity contribution in [3.8, 4) is 0 Å². The summed E-state index contributed by atoms with van der Waals surface area (Å²) in [6.45, 7) is 2.15. The first kappa shape index (κ1) is 9.40. The maximum absolute atomic E-state index is 4.43. The molecule has 1 nitrogen and oxygen atoms in total. The highest BCUT2D eigenvalue weighted by Gasteiger charge is 2.19. The molecule has 2 heteroatoms. The molecule has 0 heterocycles. The van der Waals surface area contributed by atoms with Crippen molar-refractivity contribution in [2.75, 3.05) is 7.05 Å². The van der Waals surface area contributed by atoms with Gasteiger partial charge >= 0.3 is 0 Å². The first-order chi connectivity index (χ1) is 5.22. The second-order valence-corrected chi connectivity index (χ2v) is 4.34. The standard InChI is InChI=1S/C9H19NS/c1-8(11)10(2)9-6-4-3-5-7-9/h8-9,11H,3-7H2,1-2H3. The summed E-state index contributed by atoms with van der Waals surface area (Å²) in [5.74, 6) is 0. The van der Waals surface area contributed by atoms with Crippen molar-refractivity contribution in [3.63, 3.8) is 0 Å². The third-order valence-corrected chi connectivity index (χ3v) is 3.10. The van der Waals surface area contributed by atoms with Crippen LogP contribution in [0.25, 0.3) is 0 Å². The summed E-state index contributed by atoms with van der Waals surface area (Å²) in [4.78, 5) is 2.39. The van der Waals surface area contributed by atoms with Crippen LogP contribution >= 0.6 is 12.6 Å². The lowest BCUT2D eigenvalue weighted by molar-refractivity contribution is 0.187. The smallest absolute Gasteiger partial charge is 0.0499 e. The minimum absolute atomic E-state index is 0.415. The zero-order valence-corrected chi connectivity index (χ0v) is 8.48. The van der Waals surface area contributed by atoms with Crippen LogP contribution in [0.2, 0.25) is 0 Å². The van der Waals surface area contributed by atoms with Gasteiger partial charge in [-0.25, -0.2) is 0 Å². The van der Waals surface area contributed by atoms with Crippen LogP contribution in [0.5, 0.6) is 0 Å². The molecule has 0 bridgehead atoms. The normalized spacial score (nSPS) is 24.0. The van der Waals surface area contributed by atoms with Gasteiger partial charge in [0.1, 0.15) is 0 Å². The molecule has 0 spiro atoms. The maximum Gasteiger partial charge on any atom is 0.0499 e. The van der Waals surface area contributed by atoms with E-state index in [1.165, 1.54) is 32.1 Å². The molecular weight excluding hydrogens is 154 g/mol. The van der Waals surface area contributed by atoms with Crippen molar-refractivity contribution in [3.05, 3.63) is 0 Å². The Morgan fingerprint density at radius 1 is 1.27 bits per heavy atom. The fourth-order valence-corrected chi connectivity index (χ4v) is 1.98. The molecular formula is C9H19NS. The van der Waals surface area contributed by atoms with Crippen molar-refractivity contribution >= 4 is 12.6 Å². The van der Waals surface area contributed by atoms with Crippen molar-refractivity contribution in [2.24, 2.45) is 0 Å². The lowest BCUT2D eigenvalue weighted by atomic mass is 9.94. The van der Waals surface area contributed by atoms with E-state index in [4.69, 9.17) is 0 Å². The summed E-state index contributed by atoms with van der Waals surface area (Å²) < 4.78 is 0. The number of rotatable bonds is 2. The largest absolute Gasteiger partial charge is 0.292 e. The highest BCUT2D eigenvalue weighted by molar-refractivity contribution is 7.80. The van der Waals surface area contributed by atoms with Gasteiger partial charge in [0, 0.05) is 11.4 Å². The summed E-state index contributed by atoms with van der Waals surface area (Å²) >= 11 is 4.43. The van der Waals surface area contributed by atoms with Gasteiger partial charge in [0.15, 0.2) is 0 Å². The summed E-state index contributed by atoms with van der Waals surface area (Å²) in [6.07, 6.45) is 7.01. The van der Waals surface area contributed by atoms with E-state index in [1.54, 1.807) is 0 Å². The molecule has 1 saturated carbocycles. The Hall–Kier alpha value is 0.310. The van der Waals surface area contributed by atoms with Crippen molar-refractivity contribution in [1.82, 2.24) is 4.90 Å². The first-order valence-corrected chi connectivity index (χ1v) is 5.13. The molecule has 1 fully saturated rings. The van der Waals surface area contributed by atoms with Gasteiger partial charge in [-0.2, -0.15) is 12.6 Å². The van der Waals surface area contributed by atoms with Crippen molar-refractivity contribution < 1.29 is 0 Å². The Bertz CT molecular complexity index is 108. The van der Waals surface area contributed by atoms with Crippen LogP contribution in [-0.4, -0.2) is 23.4 Å². The van der Waals surface area contributed by atoms with E-state index in [0.717, 1.165) is 6.04 Å². The molecule has 0 saturated heterocycles. The second kappa shape index (κ2) is 4.36. The molecule has 1 unspecified atom stereocenters. The monoisotopic (exact) mass is 173 g/mol. The minimum Gasteiger partial charge on any atom is -0.292 e. The molecule has 0 amide bonds. The highest BCUT2D eigenvalue weighted by atomic mass is 32.1. The van der Waals surface area contributed by atoms with Gasteiger partial charge < -0.3 is 0 Å². The summed E-state index contributed by atoms with van der Waals surface area (Å²) in [7, 11) is 2.19. The fourth-order valence-electron chi connectivity index (χ4n) is 1.79. The molecule has 1 aliphatic rings. The lowest BCUT2D eigenvalue weighted by Gasteiger charge is -2.33. The molecule has 11 heavy (non-hydrogen) atoms. The van der Waals surface area contributed by atoms with Crippen LogP contribution in [0.1, 0.15) is 39.0 Å². The fraction of sp³-hybridized carbons (Fsp3) is 1.00. The summed E-state index contributed by atoms with van der Waals surface area (Å²) in [5.41, 5.74) is 0. The third-order valence-electron chi connectivity index (χ3n) is 2.74. The van der Waals surface area contributed by atoms with Crippen LogP contribution in [0, 0.1) is 0 Å². The molecule has 0 aromatic rings.